The molecule has 79 valence electrons. The minimum Gasteiger partial charge on any atom is -0.480 e. The van der Waals surface area contributed by atoms with Crippen LogP contribution >= 0.6 is 12.4 Å². The van der Waals surface area contributed by atoms with Crippen LogP contribution in [0.1, 0.15) is 20.3 Å². The standard InChI is InChI=1S/C6H13NO2.BH2O2.ClH/c1-4(2)3-5(7)6(8)9;2-1-3;/h4-5H,3,7H2,1-2H3,(H,8,9);2-3H;1H. The van der Waals surface area contributed by atoms with E-state index in [2.05, 4.69) is 0 Å². The predicted octanol–water partition coefficient (Wildman–Crippen LogP) is -0.629. The Bertz CT molecular complexity index is 125. The summed E-state index contributed by atoms with van der Waals surface area (Å²) < 4.78 is 0. The average Bonchev–Trinajstić information content (AvgIpc) is 1.87. The molecule has 5 nitrogen and oxygen atoms in total. The van der Waals surface area contributed by atoms with Crippen molar-refractivity contribution in [3.8, 4) is 0 Å². The summed E-state index contributed by atoms with van der Waals surface area (Å²) in [6, 6.07) is -0.690. The lowest BCUT2D eigenvalue weighted by Crippen LogP contribution is -2.31. The van der Waals surface area contributed by atoms with E-state index >= 15 is 0 Å². The number of carboxylic acid groups (broad SMARTS) is 1. The maximum absolute atomic E-state index is 10.1. The van der Waals surface area contributed by atoms with Gasteiger partial charge in [0.15, 0.2) is 0 Å². The van der Waals surface area contributed by atoms with Crippen LogP contribution in [-0.4, -0.2) is 34.9 Å². The minimum atomic E-state index is -0.913. The Kier molecular flexibility index (Phi) is 16.6. The third-order valence-electron chi connectivity index (χ3n) is 1.04. The molecule has 0 aromatic heterocycles. The van der Waals surface area contributed by atoms with Gasteiger partial charge in [-0.1, -0.05) is 13.8 Å². The van der Waals surface area contributed by atoms with E-state index in [4.69, 9.17) is 20.9 Å². The summed E-state index contributed by atoms with van der Waals surface area (Å²) in [5, 5.41) is 22.3. The number of carboxylic acids is 1. The molecule has 0 rings (SSSR count). The van der Waals surface area contributed by atoms with Gasteiger partial charge in [0.1, 0.15) is 6.04 Å². The molecule has 1 unspecified atom stereocenters. The third kappa shape index (κ3) is 18.6. The van der Waals surface area contributed by atoms with E-state index in [1.165, 1.54) is 0 Å². The molecule has 0 saturated heterocycles. The van der Waals surface area contributed by atoms with Crippen LogP contribution in [0.4, 0.5) is 0 Å². The number of carbonyl (C=O) groups is 1. The second-order valence-corrected chi connectivity index (χ2v) is 2.69. The summed E-state index contributed by atoms with van der Waals surface area (Å²) in [5.74, 6) is -0.556. The molecule has 0 aliphatic heterocycles. The van der Waals surface area contributed by atoms with Crippen LogP contribution in [0.3, 0.4) is 0 Å². The number of hydrogen-bond acceptors (Lipinski definition) is 4. The van der Waals surface area contributed by atoms with Crippen LogP contribution in [0.25, 0.3) is 0 Å². The normalized spacial score (nSPS) is 10.6. The molecule has 0 aliphatic carbocycles. The Hall–Kier alpha value is -0.295. The van der Waals surface area contributed by atoms with Crippen molar-refractivity contribution in [3.63, 3.8) is 0 Å². The molecule has 0 aromatic rings. The third-order valence-corrected chi connectivity index (χ3v) is 1.04. The van der Waals surface area contributed by atoms with Gasteiger partial charge in [-0.05, 0) is 12.3 Å². The molecule has 7 heteroatoms. The topological polar surface area (TPSA) is 104 Å². The van der Waals surface area contributed by atoms with Crippen molar-refractivity contribution in [3.05, 3.63) is 0 Å². The second-order valence-electron chi connectivity index (χ2n) is 2.69. The Morgan fingerprint density at radius 1 is 1.46 bits per heavy atom. The smallest absolute Gasteiger partial charge is 0.480 e. The number of nitrogens with two attached hydrogens (primary N) is 1. The maximum atomic E-state index is 10.1. The summed E-state index contributed by atoms with van der Waals surface area (Å²) in [6.45, 7) is 3.89. The summed E-state index contributed by atoms with van der Waals surface area (Å²) >= 11 is 0. The van der Waals surface area contributed by atoms with Crippen molar-refractivity contribution < 1.29 is 19.9 Å². The molecule has 0 bridgehead atoms. The fourth-order valence-electron chi connectivity index (χ4n) is 0.609. The van der Waals surface area contributed by atoms with Gasteiger partial charge in [-0.15, -0.1) is 12.4 Å². The summed E-state index contributed by atoms with van der Waals surface area (Å²) in [7, 11) is 0. The second kappa shape index (κ2) is 11.7. The highest BCUT2D eigenvalue weighted by Crippen LogP contribution is 2.01. The van der Waals surface area contributed by atoms with E-state index in [0.29, 0.717) is 12.3 Å². The minimum absolute atomic E-state index is 0. The van der Waals surface area contributed by atoms with Crippen molar-refractivity contribution in [2.75, 3.05) is 0 Å². The highest BCUT2D eigenvalue weighted by molar-refractivity contribution is 6.13. The largest absolute Gasteiger partial charge is 0.482 e. The van der Waals surface area contributed by atoms with Crippen LogP contribution in [-0.2, 0) is 4.79 Å². The first kappa shape index (κ1) is 18.5. The molecular weight excluding hydrogens is 196 g/mol. The fraction of sp³-hybridized carbons (Fsp3) is 0.833. The van der Waals surface area contributed by atoms with E-state index in [1.54, 1.807) is 0 Å². The van der Waals surface area contributed by atoms with Gasteiger partial charge >= 0.3 is 13.7 Å². The summed E-state index contributed by atoms with van der Waals surface area (Å²) in [4.78, 5) is 10.1. The maximum Gasteiger partial charge on any atom is 0.482 e. The monoisotopic (exact) mass is 212 g/mol. The van der Waals surface area contributed by atoms with Gasteiger partial charge in [0, 0.05) is 0 Å². The van der Waals surface area contributed by atoms with Gasteiger partial charge in [0.25, 0.3) is 0 Å². The first-order chi connectivity index (χ1) is 5.45. The molecule has 0 amide bonds. The zero-order valence-electron chi connectivity index (χ0n) is 7.67. The van der Waals surface area contributed by atoms with Crippen LogP contribution in [0.15, 0.2) is 0 Å². The van der Waals surface area contributed by atoms with Crippen molar-refractivity contribution in [2.24, 2.45) is 11.7 Å². The van der Waals surface area contributed by atoms with Crippen LogP contribution in [0.5, 0.6) is 0 Å². The Balaban J connectivity index is -0.000000220. The summed E-state index contributed by atoms with van der Waals surface area (Å²) in [5.41, 5.74) is 5.22. The molecule has 13 heavy (non-hydrogen) atoms. The first-order valence-electron chi connectivity index (χ1n) is 3.54. The Labute approximate surface area is 84.7 Å². The van der Waals surface area contributed by atoms with Crippen LogP contribution in [0, 0.1) is 5.92 Å². The molecule has 0 heterocycles. The summed E-state index contributed by atoms with van der Waals surface area (Å²) in [6.07, 6.45) is 0.551. The average molecular weight is 212 g/mol. The first-order valence-corrected chi connectivity index (χ1v) is 3.54. The van der Waals surface area contributed by atoms with Gasteiger partial charge < -0.3 is 20.9 Å². The van der Waals surface area contributed by atoms with Crippen molar-refractivity contribution in [2.45, 2.75) is 26.3 Å². The molecule has 1 atom stereocenters. The lowest BCUT2D eigenvalue weighted by molar-refractivity contribution is -0.138. The van der Waals surface area contributed by atoms with E-state index in [0.717, 1.165) is 0 Å². The number of aliphatic carboxylic acids is 1. The van der Waals surface area contributed by atoms with Crippen molar-refractivity contribution >= 4 is 26.1 Å². The SMILES string of the molecule is CC(C)CC(N)C(=O)O.Cl.O[B]O. The Morgan fingerprint density at radius 3 is 1.85 bits per heavy atom. The van der Waals surface area contributed by atoms with Gasteiger partial charge in [-0.25, -0.2) is 0 Å². The van der Waals surface area contributed by atoms with E-state index in [1.807, 2.05) is 13.8 Å². The van der Waals surface area contributed by atoms with Crippen molar-refractivity contribution in [1.82, 2.24) is 0 Å². The fourth-order valence-corrected chi connectivity index (χ4v) is 0.609. The molecule has 5 N–H and O–H groups in total. The quantitative estimate of drug-likeness (QED) is 0.467. The number of hydrogen-bond donors (Lipinski definition) is 4. The predicted molar refractivity (Wildman–Crippen MR) is 52.5 cm³/mol. The number of rotatable bonds is 3. The van der Waals surface area contributed by atoms with Crippen LogP contribution < -0.4 is 5.73 Å². The molecule has 0 saturated carbocycles. The van der Waals surface area contributed by atoms with Crippen LogP contribution in [0.2, 0.25) is 0 Å². The van der Waals surface area contributed by atoms with E-state index in [-0.39, 0.29) is 20.1 Å². The van der Waals surface area contributed by atoms with Gasteiger partial charge in [-0.3, -0.25) is 4.79 Å². The van der Waals surface area contributed by atoms with E-state index < -0.39 is 12.0 Å². The molecule has 0 aromatic carbocycles. The van der Waals surface area contributed by atoms with Crippen molar-refractivity contribution in [1.29, 1.82) is 0 Å². The molecule has 1 radical (unpaired) electrons. The molecule has 0 aliphatic rings. The van der Waals surface area contributed by atoms with Gasteiger partial charge in [-0.2, -0.15) is 0 Å². The lowest BCUT2D eigenvalue weighted by Gasteiger charge is -2.07. The van der Waals surface area contributed by atoms with E-state index in [9.17, 15) is 4.79 Å². The zero-order valence-corrected chi connectivity index (χ0v) is 8.49. The lowest BCUT2D eigenvalue weighted by atomic mass is 10.1. The molecule has 0 fully saturated rings. The highest BCUT2D eigenvalue weighted by Gasteiger charge is 2.11. The Morgan fingerprint density at radius 2 is 1.77 bits per heavy atom. The molecule has 0 spiro atoms. The zero-order chi connectivity index (χ0) is 10.1. The number of halogens is 1. The highest BCUT2D eigenvalue weighted by atomic mass is 35.5. The van der Waals surface area contributed by atoms with Gasteiger partial charge in [0.05, 0.1) is 0 Å². The molecular formula is C6H16BClNO4. The van der Waals surface area contributed by atoms with Gasteiger partial charge in [0.2, 0.25) is 0 Å².